The standard InChI is InChI=1S/C21H26N2O3/c1-14(2)15-9-11-16(12-10-15)22-19(24)8-5-13-23-20(25)17-6-3-4-7-18(17)21(23)26/h3-4,9-12,14,17-18H,5-8,13H2,1-2H3,(H,22,24)/t17-,18-/m1/s1. The van der Waals surface area contributed by atoms with Crippen LogP contribution in [-0.4, -0.2) is 29.2 Å². The Morgan fingerprint density at radius 2 is 1.65 bits per heavy atom. The Bertz CT molecular complexity index is 695. The number of rotatable bonds is 6. The summed E-state index contributed by atoms with van der Waals surface area (Å²) in [5.41, 5.74) is 2.00. The summed E-state index contributed by atoms with van der Waals surface area (Å²) in [6.45, 7) is 4.58. The van der Waals surface area contributed by atoms with E-state index in [1.165, 1.54) is 10.5 Å². The van der Waals surface area contributed by atoms with E-state index >= 15 is 0 Å². The summed E-state index contributed by atoms with van der Waals surface area (Å²) in [6, 6.07) is 7.83. The van der Waals surface area contributed by atoms with Gasteiger partial charge in [-0.25, -0.2) is 0 Å². The number of hydrogen-bond acceptors (Lipinski definition) is 3. The van der Waals surface area contributed by atoms with Gasteiger partial charge in [0.25, 0.3) is 0 Å². The molecule has 1 fully saturated rings. The summed E-state index contributed by atoms with van der Waals surface area (Å²) in [4.78, 5) is 38.2. The van der Waals surface area contributed by atoms with Gasteiger partial charge in [-0.3, -0.25) is 19.3 Å². The summed E-state index contributed by atoms with van der Waals surface area (Å²) >= 11 is 0. The molecular formula is C21H26N2O3. The molecule has 1 aromatic carbocycles. The summed E-state index contributed by atoms with van der Waals surface area (Å²) in [6.07, 6.45) is 6.04. The average molecular weight is 354 g/mol. The molecule has 138 valence electrons. The van der Waals surface area contributed by atoms with Crippen LogP contribution in [0.4, 0.5) is 5.69 Å². The first-order valence-electron chi connectivity index (χ1n) is 9.37. The molecular weight excluding hydrogens is 328 g/mol. The number of carbonyl (C=O) groups excluding carboxylic acids is 3. The molecule has 2 atom stereocenters. The van der Waals surface area contributed by atoms with E-state index < -0.39 is 0 Å². The van der Waals surface area contributed by atoms with Gasteiger partial charge in [-0.15, -0.1) is 0 Å². The molecule has 0 radical (unpaired) electrons. The lowest BCUT2D eigenvalue weighted by molar-refractivity contribution is -0.140. The van der Waals surface area contributed by atoms with Gasteiger partial charge < -0.3 is 5.32 Å². The fourth-order valence-electron chi connectivity index (χ4n) is 3.66. The lowest BCUT2D eigenvalue weighted by Crippen LogP contribution is -2.32. The number of hydrogen-bond donors (Lipinski definition) is 1. The third-order valence-electron chi connectivity index (χ3n) is 5.25. The van der Waals surface area contributed by atoms with Crippen LogP contribution in [0, 0.1) is 11.8 Å². The van der Waals surface area contributed by atoms with Crippen molar-refractivity contribution in [2.24, 2.45) is 11.8 Å². The molecule has 5 heteroatoms. The van der Waals surface area contributed by atoms with E-state index in [1.807, 2.05) is 36.4 Å². The van der Waals surface area contributed by atoms with Crippen LogP contribution >= 0.6 is 0 Å². The molecule has 3 rings (SSSR count). The zero-order valence-corrected chi connectivity index (χ0v) is 15.4. The SMILES string of the molecule is CC(C)c1ccc(NC(=O)CCCN2C(=O)[C@@H]3CC=CC[C@H]3C2=O)cc1. The molecule has 1 N–H and O–H groups in total. The van der Waals surface area contributed by atoms with Crippen molar-refractivity contribution in [3.8, 4) is 0 Å². The lowest BCUT2D eigenvalue weighted by atomic mass is 9.85. The second-order valence-electron chi connectivity index (χ2n) is 7.41. The first-order valence-corrected chi connectivity index (χ1v) is 9.37. The molecule has 2 aliphatic rings. The number of anilines is 1. The van der Waals surface area contributed by atoms with Crippen molar-refractivity contribution < 1.29 is 14.4 Å². The van der Waals surface area contributed by atoms with Gasteiger partial charge in [-0.05, 0) is 42.9 Å². The number of amides is 3. The monoisotopic (exact) mass is 354 g/mol. The van der Waals surface area contributed by atoms with Gasteiger partial charge in [0, 0.05) is 18.7 Å². The molecule has 0 unspecified atom stereocenters. The first-order chi connectivity index (χ1) is 12.5. The molecule has 26 heavy (non-hydrogen) atoms. The van der Waals surface area contributed by atoms with Gasteiger partial charge in [0.1, 0.15) is 0 Å². The van der Waals surface area contributed by atoms with Gasteiger partial charge in [-0.2, -0.15) is 0 Å². The van der Waals surface area contributed by atoms with Crippen molar-refractivity contribution in [3.63, 3.8) is 0 Å². The average Bonchev–Trinajstić information content (AvgIpc) is 2.87. The van der Waals surface area contributed by atoms with Crippen LogP contribution in [-0.2, 0) is 14.4 Å². The van der Waals surface area contributed by atoms with E-state index in [1.54, 1.807) is 0 Å². The number of fused-ring (bicyclic) bond motifs is 1. The summed E-state index contributed by atoms with van der Waals surface area (Å²) < 4.78 is 0. The van der Waals surface area contributed by atoms with Crippen molar-refractivity contribution in [3.05, 3.63) is 42.0 Å². The summed E-state index contributed by atoms with van der Waals surface area (Å²) in [5, 5.41) is 2.87. The fourth-order valence-corrected chi connectivity index (χ4v) is 3.66. The molecule has 0 saturated carbocycles. The van der Waals surface area contributed by atoms with E-state index in [0.717, 1.165) is 5.69 Å². The van der Waals surface area contributed by atoms with Crippen LogP contribution < -0.4 is 5.32 Å². The minimum Gasteiger partial charge on any atom is -0.326 e. The molecule has 0 spiro atoms. The molecule has 0 aromatic heterocycles. The van der Waals surface area contributed by atoms with Crippen LogP contribution in [0.1, 0.15) is 51.0 Å². The van der Waals surface area contributed by atoms with Crippen LogP contribution in [0.25, 0.3) is 0 Å². The predicted octanol–water partition coefficient (Wildman–Crippen LogP) is 3.48. The Morgan fingerprint density at radius 1 is 1.08 bits per heavy atom. The normalized spacial score (nSPS) is 22.0. The van der Waals surface area contributed by atoms with Gasteiger partial charge in [-0.1, -0.05) is 38.1 Å². The van der Waals surface area contributed by atoms with Gasteiger partial charge in [0.05, 0.1) is 11.8 Å². The minimum atomic E-state index is -0.194. The topological polar surface area (TPSA) is 66.5 Å². The highest BCUT2D eigenvalue weighted by Crippen LogP contribution is 2.35. The fraction of sp³-hybridized carbons (Fsp3) is 0.476. The van der Waals surface area contributed by atoms with Crippen LogP contribution in [0.5, 0.6) is 0 Å². The van der Waals surface area contributed by atoms with Gasteiger partial charge in [0.15, 0.2) is 0 Å². The Hall–Kier alpha value is -2.43. The third kappa shape index (κ3) is 3.87. The number of carbonyl (C=O) groups is 3. The maximum Gasteiger partial charge on any atom is 0.233 e. The maximum atomic E-state index is 12.4. The zero-order chi connectivity index (χ0) is 18.7. The van der Waals surface area contributed by atoms with E-state index in [9.17, 15) is 14.4 Å². The first kappa shape index (κ1) is 18.4. The predicted molar refractivity (Wildman–Crippen MR) is 100 cm³/mol. The van der Waals surface area contributed by atoms with Gasteiger partial charge >= 0.3 is 0 Å². The number of likely N-dealkylation sites (tertiary alicyclic amines) is 1. The zero-order valence-electron chi connectivity index (χ0n) is 15.4. The molecule has 5 nitrogen and oxygen atoms in total. The van der Waals surface area contributed by atoms with Gasteiger partial charge in [0.2, 0.25) is 17.7 Å². The number of imide groups is 1. The summed E-state index contributed by atoms with van der Waals surface area (Å²) in [5.74, 6) is -0.181. The minimum absolute atomic E-state index is 0.0750. The van der Waals surface area contributed by atoms with E-state index in [4.69, 9.17) is 0 Å². The molecule has 3 amide bonds. The number of allylic oxidation sites excluding steroid dienone is 2. The van der Waals surface area contributed by atoms with Crippen LogP contribution in [0.3, 0.4) is 0 Å². The summed E-state index contributed by atoms with van der Waals surface area (Å²) in [7, 11) is 0. The van der Waals surface area contributed by atoms with Crippen molar-refractivity contribution >= 4 is 23.4 Å². The Balaban J connectivity index is 1.46. The molecule has 0 bridgehead atoms. The van der Waals surface area contributed by atoms with Crippen LogP contribution in [0.2, 0.25) is 0 Å². The van der Waals surface area contributed by atoms with Crippen molar-refractivity contribution in [2.45, 2.75) is 45.4 Å². The van der Waals surface area contributed by atoms with Crippen LogP contribution in [0.15, 0.2) is 36.4 Å². The second kappa shape index (κ2) is 7.85. The highest BCUT2D eigenvalue weighted by atomic mass is 16.2. The Morgan fingerprint density at radius 3 is 2.19 bits per heavy atom. The second-order valence-corrected chi connectivity index (χ2v) is 7.41. The molecule has 1 saturated heterocycles. The molecule has 1 aromatic rings. The highest BCUT2D eigenvalue weighted by Gasteiger charge is 2.46. The van der Waals surface area contributed by atoms with Crippen molar-refractivity contribution in [2.75, 3.05) is 11.9 Å². The van der Waals surface area contributed by atoms with E-state index in [0.29, 0.717) is 31.7 Å². The Kier molecular flexibility index (Phi) is 5.55. The molecule has 1 aliphatic heterocycles. The molecule has 1 aliphatic carbocycles. The number of benzene rings is 1. The molecule has 1 heterocycles. The quantitative estimate of drug-likeness (QED) is 0.628. The highest BCUT2D eigenvalue weighted by molar-refractivity contribution is 6.05. The smallest absolute Gasteiger partial charge is 0.233 e. The Labute approximate surface area is 154 Å². The maximum absolute atomic E-state index is 12.4. The number of nitrogens with one attached hydrogen (secondary N) is 1. The van der Waals surface area contributed by atoms with Crippen molar-refractivity contribution in [1.29, 1.82) is 0 Å². The van der Waals surface area contributed by atoms with E-state index in [2.05, 4.69) is 19.2 Å². The van der Waals surface area contributed by atoms with Crippen molar-refractivity contribution in [1.82, 2.24) is 4.90 Å². The lowest BCUT2D eigenvalue weighted by Gasteiger charge is -2.14. The number of nitrogens with zero attached hydrogens (tertiary/aromatic N) is 1. The van der Waals surface area contributed by atoms with E-state index in [-0.39, 0.29) is 36.0 Å². The largest absolute Gasteiger partial charge is 0.326 e. The third-order valence-corrected chi connectivity index (χ3v) is 5.25.